The second-order valence-corrected chi connectivity index (χ2v) is 6.24. The molecule has 1 aliphatic rings. The number of nitrogens with zero attached hydrogens (tertiary/aromatic N) is 2. The minimum absolute atomic E-state index is 0.490. The minimum Gasteiger partial charge on any atom is -0.387 e. The molecule has 1 N–H and O–H groups in total. The van der Waals surface area contributed by atoms with Gasteiger partial charge in [0.1, 0.15) is 0 Å². The van der Waals surface area contributed by atoms with Crippen molar-refractivity contribution >= 4 is 0 Å². The van der Waals surface area contributed by atoms with E-state index in [2.05, 4.69) is 41.3 Å². The fourth-order valence-corrected chi connectivity index (χ4v) is 3.30. The second-order valence-electron chi connectivity index (χ2n) is 6.24. The first-order valence-electron chi connectivity index (χ1n) is 8.21. The molecule has 1 unspecified atom stereocenters. The van der Waals surface area contributed by atoms with Crippen molar-refractivity contribution < 1.29 is 5.11 Å². The smallest absolute Gasteiger partial charge is 0.0991 e. The molecule has 1 aliphatic heterocycles. The lowest BCUT2D eigenvalue weighted by atomic mass is 9.89. The van der Waals surface area contributed by atoms with Crippen LogP contribution in [0.5, 0.6) is 0 Å². The third kappa shape index (κ3) is 3.98. The highest BCUT2D eigenvalue weighted by atomic mass is 16.3. The van der Waals surface area contributed by atoms with Gasteiger partial charge >= 0.3 is 0 Å². The molecule has 3 heteroatoms. The first-order valence-corrected chi connectivity index (χ1v) is 8.21. The van der Waals surface area contributed by atoms with Gasteiger partial charge in [0.05, 0.1) is 17.7 Å². The summed E-state index contributed by atoms with van der Waals surface area (Å²) in [6, 6.07) is 20.0. The molecule has 2 aromatic rings. The minimum atomic E-state index is -0.490. The number of likely N-dealkylation sites (tertiary alicyclic amines) is 1. The summed E-state index contributed by atoms with van der Waals surface area (Å²) in [7, 11) is 0. The summed E-state index contributed by atoms with van der Waals surface area (Å²) in [5.41, 5.74) is 2.94. The van der Waals surface area contributed by atoms with E-state index in [1.165, 1.54) is 5.56 Å². The summed E-state index contributed by atoms with van der Waals surface area (Å²) < 4.78 is 0. The fraction of sp³-hybridized carbons (Fsp3) is 0.350. The van der Waals surface area contributed by atoms with E-state index in [1.807, 2.05) is 12.1 Å². The summed E-state index contributed by atoms with van der Waals surface area (Å²) in [5.74, 6) is 0.638. The number of aliphatic hydroxyl groups is 1. The van der Waals surface area contributed by atoms with Crippen LogP contribution in [-0.2, 0) is 0 Å². The molecule has 0 radical (unpaired) electrons. The van der Waals surface area contributed by atoms with Crippen molar-refractivity contribution in [3.05, 3.63) is 71.3 Å². The van der Waals surface area contributed by atoms with Crippen LogP contribution in [0.1, 0.15) is 41.6 Å². The molecule has 0 spiro atoms. The maximum absolute atomic E-state index is 10.4. The third-order valence-corrected chi connectivity index (χ3v) is 4.71. The molecule has 1 atom stereocenters. The Morgan fingerprint density at radius 1 is 1.04 bits per heavy atom. The largest absolute Gasteiger partial charge is 0.387 e. The molecule has 0 aliphatic carbocycles. The van der Waals surface area contributed by atoms with E-state index in [-0.39, 0.29) is 0 Å². The van der Waals surface area contributed by atoms with Crippen LogP contribution >= 0.6 is 0 Å². The molecule has 3 nitrogen and oxygen atoms in total. The summed E-state index contributed by atoms with van der Waals surface area (Å²) in [6.45, 7) is 2.70. The van der Waals surface area contributed by atoms with Gasteiger partial charge in [-0.3, -0.25) is 0 Å². The Labute approximate surface area is 137 Å². The van der Waals surface area contributed by atoms with Crippen molar-refractivity contribution in [2.24, 2.45) is 0 Å². The first-order chi connectivity index (χ1) is 11.3. The predicted molar refractivity (Wildman–Crippen MR) is 91.0 cm³/mol. The van der Waals surface area contributed by atoms with E-state index in [1.54, 1.807) is 12.1 Å². The Morgan fingerprint density at radius 3 is 2.30 bits per heavy atom. The molecule has 2 aromatic carbocycles. The summed E-state index contributed by atoms with van der Waals surface area (Å²) in [5, 5.41) is 19.2. The van der Waals surface area contributed by atoms with Crippen LogP contribution in [0, 0.1) is 11.3 Å². The van der Waals surface area contributed by atoms with Crippen LogP contribution in [0.3, 0.4) is 0 Å². The first kappa shape index (κ1) is 15.7. The summed E-state index contributed by atoms with van der Waals surface area (Å²) >= 11 is 0. The van der Waals surface area contributed by atoms with Gasteiger partial charge in [0.15, 0.2) is 0 Å². The maximum Gasteiger partial charge on any atom is 0.0991 e. The van der Waals surface area contributed by atoms with Crippen LogP contribution in [0.25, 0.3) is 0 Å². The molecule has 0 saturated carbocycles. The van der Waals surface area contributed by atoms with Gasteiger partial charge in [0, 0.05) is 6.54 Å². The number of piperidine rings is 1. The number of hydrogen-bond acceptors (Lipinski definition) is 3. The highest BCUT2D eigenvalue weighted by Crippen LogP contribution is 2.28. The van der Waals surface area contributed by atoms with E-state index >= 15 is 0 Å². The van der Waals surface area contributed by atoms with Gasteiger partial charge in [-0.05, 0) is 55.1 Å². The number of β-amino-alcohol motifs (C(OH)–C–C–N with tert-alkyl or cyclic N) is 1. The summed E-state index contributed by atoms with van der Waals surface area (Å²) in [6.07, 6.45) is 1.80. The second kappa shape index (κ2) is 7.41. The average Bonchev–Trinajstić information content (AvgIpc) is 2.63. The number of rotatable bonds is 4. The lowest BCUT2D eigenvalue weighted by molar-refractivity contribution is 0.0972. The Kier molecular flexibility index (Phi) is 5.07. The highest BCUT2D eigenvalue weighted by molar-refractivity contribution is 5.32. The van der Waals surface area contributed by atoms with Gasteiger partial charge in [-0.25, -0.2) is 0 Å². The Morgan fingerprint density at radius 2 is 1.70 bits per heavy atom. The summed E-state index contributed by atoms with van der Waals surface area (Å²) in [4.78, 5) is 2.34. The fourth-order valence-electron chi connectivity index (χ4n) is 3.30. The van der Waals surface area contributed by atoms with Crippen molar-refractivity contribution in [2.45, 2.75) is 24.9 Å². The monoisotopic (exact) mass is 306 g/mol. The zero-order chi connectivity index (χ0) is 16.1. The molecular weight excluding hydrogens is 284 g/mol. The number of nitriles is 1. The zero-order valence-electron chi connectivity index (χ0n) is 13.2. The number of benzene rings is 2. The predicted octanol–water partition coefficient (Wildman–Crippen LogP) is 3.47. The molecule has 0 aromatic heterocycles. The average molecular weight is 306 g/mol. The molecule has 1 saturated heterocycles. The SMILES string of the molecule is N#Cc1ccc(C(O)CN2CCC(c3ccccc3)CC2)cc1. The van der Waals surface area contributed by atoms with Gasteiger partial charge in [-0.2, -0.15) is 5.26 Å². The third-order valence-electron chi connectivity index (χ3n) is 4.71. The quantitative estimate of drug-likeness (QED) is 0.941. The van der Waals surface area contributed by atoms with E-state index in [9.17, 15) is 5.11 Å². The van der Waals surface area contributed by atoms with Crippen molar-refractivity contribution in [2.75, 3.05) is 19.6 Å². The Balaban J connectivity index is 1.53. The molecule has 0 amide bonds. The van der Waals surface area contributed by atoms with Crippen LogP contribution in [0.2, 0.25) is 0 Å². The van der Waals surface area contributed by atoms with Gasteiger partial charge < -0.3 is 10.0 Å². The van der Waals surface area contributed by atoms with Crippen molar-refractivity contribution in [3.8, 4) is 6.07 Å². The van der Waals surface area contributed by atoms with E-state index in [4.69, 9.17) is 5.26 Å². The molecule has 3 rings (SSSR count). The van der Waals surface area contributed by atoms with Crippen LogP contribution < -0.4 is 0 Å². The molecule has 0 bridgehead atoms. The van der Waals surface area contributed by atoms with Gasteiger partial charge in [0.25, 0.3) is 0 Å². The maximum atomic E-state index is 10.4. The van der Waals surface area contributed by atoms with Gasteiger partial charge in [-0.15, -0.1) is 0 Å². The number of aliphatic hydroxyl groups excluding tert-OH is 1. The van der Waals surface area contributed by atoms with Crippen LogP contribution in [-0.4, -0.2) is 29.6 Å². The van der Waals surface area contributed by atoms with E-state index < -0.39 is 6.10 Å². The number of hydrogen-bond donors (Lipinski definition) is 1. The standard InChI is InChI=1S/C20H22N2O/c21-14-16-6-8-19(9-7-16)20(23)15-22-12-10-18(11-13-22)17-4-2-1-3-5-17/h1-9,18,20,23H,10-13,15H2. The zero-order valence-corrected chi connectivity index (χ0v) is 13.2. The van der Waals surface area contributed by atoms with E-state index in [0.29, 0.717) is 18.0 Å². The van der Waals surface area contributed by atoms with Crippen LogP contribution in [0.4, 0.5) is 0 Å². The lowest BCUT2D eigenvalue weighted by Crippen LogP contribution is -2.36. The molecular formula is C20H22N2O. The van der Waals surface area contributed by atoms with Crippen LogP contribution in [0.15, 0.2) is 54.6 Å². The van der Waals surface area contributed by atoms with Crippen molar-refractivity contribution in [1.82, 2.24) is 4.90 Å². The van der Waals surface area contributed by atoms with Crippen molar-refractivity contribution in [1.29, 1.82) is 5.26 Å². The normalized spacial score (nSPS) is 17.6. The topological polar surface area (TPSA) is 47.3 Å². The molecule has 118 valence electrons. The molecule has 23 heavy (non-hydrogen) atoms. The lowest BCUT2D eigenvalue weighted by Gasteiger charge is -2.33. The van der Waals surface area contributed by atoms with E-state index in [0.717, 1.165) is 31.5 Å². The van der Waals surface area contributed by atoms with Crippen molar-refractivity contribution in [3.63, 3.8) is 0 Å². The molecule has 1 fully saturated rings. The van der Waals surface area contributed by atoms with Gasteiger partial charge in [-0.1, -0.05) is 42.5 Å². The highest BCUT2D eigenvalue weighted by Gasteiger charge is 2.22. The Hall–Kier alpha value is -2.15. The van der Waals surface area contributed by atoms with Gasteiger partial charge in [0.2, 0.25) is 0 Å². The Bertz CT molecular complexity index is 652. The molecule has 1 heterocycles.